The third kappa shape index (κ3) is 5.20. The number of nitrogens with zero attached hydrogens (tertiary/aromatic N) is 3. The van der Waals surface area contributed by atoms with Crippen molar-refractivity contribution in [2.75, 3.05) is 36.4 Å². The van der Waals surface area contributed by atoms with Crippen LogP contribution < -0.4 is 10.2 Å². The number of nitro benzene ring substituents is 1. The molecule has 31 heavy (non-hydrogen) atoms. The van der Waals surface area contributed by atoms with E-state index in [0.717, 1.165) is 18.8 Å². The van der Waals surface area contributed by atoms with E-state index in [2.05, 4.69) is 10.2 Å². The zero-order chi connectivity index (χ0) is 22.8. The summed E-state index contributed by atoms with van der Waals surface area (Å²) < 4.78 is 0. The summed E-state index contributed by atoms with van der Waals surface area (Å²) in [6.45, 7) is 10.3. The molecule has 0 bridgehead atoms. The number of anilines is 2. The summed E-state index contributed by atoms with van der Waals surface area (Å²) in [6, 6.07) is 11.9. The Hall–Kier alpha value is -3.42. The number of amides is 2. The number of nitrogens with one attached hydrogen (secondary N) is 1. The molecule has 1 heterocycles. The van der Waals surface area contributed by atoms with Crippen LogP contribution in [0.1, 0.15) is 36.7 Å². The molecular weight excluding hydrogens is 396 g/mol. The molecule has 164 valence electrons. The van der Waals surface area contributed by atoms with Crippen LogP contribution in [0.4, 0.5) is 17.1 Å². The van der Waals surface area contributed by atoms with E-state index in [0.29, 0.717) is 24.3 Å². The summed E-state index contributed by atoms with van der Waals surface area (Å²) >= 11 is 0. The number of carbonyl (C=O) groups excluding carboxylic acids is 2. The van der Waals surface area contributed by atoms with E-state index in [1.165, 1.54) is 6.07 Å². The highest BCUT2D eigenvalue weighted by atomic mass is 16.6. The smallest absolute Gasteiger partial charge is 0.273 e. The number of hydrogen-bond acceptors (Lipinski definition) is 5. The summed E-state index contributed by atoms with van der Waals surface area (Å²) in [7, 11) is 0. The van der Waals surface area contributed by atoms with Gasteiger partial charge >= 0.3 is 0 Å². The molecule has 0 spiro atoms. The second-order valence-electron chi connectivity index (χ2n) is 8.79. The molecule has 2 aromatic carbocycles. The monoisotopic (exact) mass is 424 g/mol. The van der Waals surface area contributed by atoms with Gasteiger partial charge in [-0.2, -0.15) is 0 Å². The predicted molar refractivity (Wildman–Crippen MR) is 120 cm³/mol. The molecule has 1 saturated heterocycles. The maximum absolute atomic E-state index is 12.5. The minimum Gasteiger partial charge on any atom is -0.368 e. The molecule has 8 heteroatoms. The van der Waals surface area contributed by atoms with Crippen molar-refractivity contribution < 1.29 is 14.5 Å². The standard InChI is InChI=1S/C23H28N4O4/c1-16-5-6-17(15-20(16)27(30)31)21(28)24-18-7-9-19(10-8-18)25-11-13-26(14-12-25)22(29)23(2,3)4/h5-10,15H,11-14H2,1-4H3,(H,24,28). The van der Waals surface area contributed by atoms with Gasteiger partial charge in [0, 0.05) is 60.2 Å². The van der Waals surface area contributed by atoms with Crippen molar-refractivity contribution in [3.63, 3.8) is 0 Å². The molecule has 0 unspecified atom stereocenters. The van der Waals surface area contributed by atoms with Gasteiger partial charge in [-0.15, -0.1) is 0 Å². The molecule has 0 atom stereocenters. The fourth-order valence-electron chi connectivity index (χ4n) is 3.55. The summed E-state index contributed by atoms with van der Waals surface area (Å²) in [6.07, 6.45) is 0. The molecule has 0 saturated carbocycles. The van der Waals surface area contributed by atoms with E-state index in [1.54, 1.807) is 19.1 Å². The van der Waals surface area contributed by atoms with Crippen molar-refractivity contribution in [2.45, 2.75) is 27.7 Å². The largest absolute Gasteiger partial charge is 0.368 e. The lowest BCUT2D eigenvalue weighted by Crippen LogP contribution is -2.51. The number of benzene rings is 2. The van der Waals surface area contributed by atoms with Gasteiger partial charge in [0.2, 0.25) is 5.91 Å². The molecule has 3 rings (SSSR count). The van der Waals surface area contributed by atoms with E-state index in [1.807, 2.05) is 49.9 Å². The zero-order valence-corrected chi connectivity index (χ0v) is 18.3. The van der Waals surface area contributed by atoms with Crippen LogP contribution in [0, 0.1) is 22.5 Å². The number of aryl methyl sites for hydroxylation is 1. The van der Waals surface area contributed by atoms with E-state index in [4.69, 9.17) is 0 Å². The minimum atomic E-state index is -0.490. The number of carbonyl (C=O) groups is 2. The van der Waals surface area contributed by atoms with Crippen LogP contribution in [0.2, 0.25) is 0 Å². The van der Waals surface area contributed by atoms with Crippen LogP contribution in [0.15, 0.2) is 42.5 Å². The summed E-state index contributed by atoms with van der Waals surface area (Å²) in [5.74, 6) is -0.230. The Morgan fingerprint density at radius 2 is 1.61 bits per heavy atom. The maximum Gasteiger partial charge on any atom is 0.273 e. The Labute approximate surface area is 182 Å². The van der Waals surface area contributed by atoms with Crippen LogP contribution in [0.25, 0.3) is 0 Å². The normalized spacial score (nSPS) is 14.3. The first-order chi connectivity index (χ1) is 14.6. The molecule has 1 aliphatic rings. The Morgan fingerprint density at radius 1 is 1.00 bits per heavy atom. The number of nitro groups is 1. The predicted octanol–water partition coefficient (Wildman–Crippen LogP) is 3.85. The summed E-state index contributed by atoms with van der Waals surface area (Å²) in [5.41, 5.74) is 1.92. The van der Waals surface area contributed by atoms with Crippen molar-refractivity contribution in [3.8, 4) is 0 Å². The van der Waals surface area contributed by atoms with Gasteiger partial charge in [-0.05, 0) is 37.3 Å². The molecule has 0 aromatic heterocycles. The molecule has 1 N–H and O–H groups in total. The molecule has 8 nitrogen and oxygen atoms in total. The van der Waals surface area contributed by atoms with Gasteiger partial charge < -0.3 is 15.1 Å². The third-order valence-corrected chi connectivity index (χ3v) is 5.37. The molecule has 2 amide bonds. The summed E-state index contributed by atoms with van der Waals surface area (Å²) in [5, 5.41) is 13.9. The topological polar surface area (TPSA) is 95.8 Å². The van der Waals surface area contributed by atoms with E-state index < -0.39 is 10.8 Å². The lowest BCUT2D eigenvalue weighted by molar-refractivity contribution is -0.385. The van der Waals surface area contributed by atoms with E-state index in [9.17, 15) is 19.7 Å². The molecule has 0 radical (unpaired) electrons. The number of piperazine rings is 1. The number of rotatable bonds is 4. The Morgan fingerprint density at radius 3 is 2.16 bits per heavy atom. The lowest BCUT2D eigenvalue weighted by atomic mass is 9.94. The first kappa shape index (κ1) is 22.3. The Bertz CT molecular complexity index is 988. The van der Waals surface area contributed by atoms with Crippen LogP contribution in [-0.2, 0) is 4.79 Å². The highest BCUT2D eigenvalue weighted by Gasteiger charge is 2.29. The number of hydrogen-bond donors (Lipinski definition) is 1. The van der Waals surface area contributed by atoms with E-state index in [-0.39, 0.29) is 22.6 Å². The molecule has 0 aliphatic carbocycles. The molecule has 1 fully saturated rings. The zero-order valence-electron chi connectivity index (χ0n) is 18.3. The second kappa shape index (κ2) is 8.75. The van der Waals surface area contributed by atoms with Crippen molar-refractivity contribution in [1.82, 2.24) is 4.90 Å². The van der Waals surface area contributed by atoms with Gasteiger partial charge in [0.05, 0.1) is 4.92 Å². The average molecular weight is 425 g/mol. The van der Waals surface area contributed by atoms with Crippen LogP contribution in [0.5, 0.6) is 0 Å². The Kier molecular flexibility index (Phi) is 6.29. The van der Waals surface area contributed by atoms with Gasteiger partial charge in [-0.3, -0.25) is 19.7 Å². The molecule has 1 aliphatic heterocycles. The van der Waals surface area contributed by atoms with Crippen molar-refractivity contribution in [1.29, 1.82) is 0 Å². The summed E-state index contributed by atoms with van der Waals surface area (Å²) in [4.78, 5) is 39.6. The minimum absolute atomic E-state index is 0.0768. The van der Waals surface area contributed by atoms with E-state index >= 15 is 0 Å². The van der Waals surface area contributed by atoms with Gasteiger partial charge in [0.1, 0.15) is 0 Å². The average Bonchev–Trinajstić information content (AvgIpc) is 2.73. The SMILES string of the molecule is Cc1ccc(C(=O)Nc2ccc(N3CCN(C(=O)C(C)(C)C)CC3)cc2)cc1[N+](=O)[O-]. The van der Waals surface area contributed by atoms with Crippen LogP contribution in [-0.4, -0.2) is 47.8 Å². The second-order valence-corrected chi connectivity index (χ2v) is 8.79. The van der Waals surface area contributed by atoms with Crippen molar-refractivity contribution in [2.24, 2.45) is 5.41 Å². The lowest BCUT2D eigenvalue weighted by Gasteiger charge is -2.38. The molecular formula is C23H28N4O4. The van der Waals surface area contributed by atoms with Gasteiger partial charge in [0.15, 0.2) is 0 Å². The van der Waals surface area contributed by atoms with Gasteiger partial charge in [0.25, 0.3) is 11.6 Å². The maximum atomic E-state index is 12.5. The highest BCUT2D eigenvalue weighted by Crippen LogP contribution is 2.24. The molecule has 2 aromatic rings. The van der Waals surface area contributed by atoms with Gasteiger partial charge in [-0.1, -0.05) is 26.8 Å². The quantitative estimate of drug-likeness (QED) is 0.594. The van der Waals surface area contributed by atoms with Crippen LogP contribution >= 0.6 is 0 Å². The van der Waals surface area contributed by atoms with Crippen molar-refractivity contribution >= 4 is 28.9 Å². The fourth-order valence-corrected chi connectivity index (χ4v) is 3.55. The van der Waals surface area contributed by atoms with Crippen molar-refractivity contribution in [3.05, 3.63) is 63.7 Å². The highest BCUT2D eigenvalue weighted by molar-refractivity contribution is 6.04. The first-order valence-corrected chi connectivity index (χ1v) is 10.3. The third-order valence-electron chi connectivity index (χ3n) is 5.37. The van der Waals surface area contributed by atoms with Crippen LogP contribution in [0.3, 0.4) is 0 Å². The fraction of sp³-hybridized carbons (Fsp3) is 0.391. The Balaban J connectivity index is 1.61. The first-order valence-electron chi connectivity index (χ1n) is 10.3. The van der Waals surface area contributed by atoms with Gasteiger partial charge in [-0.25, -0.2) is 0 Å².